The normalized spacial score (nSPS) is 10.8. The van der Waals surface area contributed by atoms with Gasteiger partial charge in [-0.15, -0.1) is 0 Å². The molecule has 0 bridgehead atoms. The molecule has 0 aromatic heterocycles. The Bertz CT molecular complexity index is 2210. The maximum Gasteiger partial charge on any atom is 0.169 e. The zero-order valence-corrected chi connectivity index (χ0v) is 33.1. The Morgan fingerprint density at radius 3 is 1.20 bits per heavy atom. The van der Waals surface area contributed by atoms with Crippen LogP contribution in [-0.2, 0) is 38.5 Å². The van der Waals surface area contributed by atoms with Gasteiger partial charge >= 0.3 is 0 Å². The second-order valence-electron chi connectivity index (χ2n) is 13.4. The molecule has 8 nitrogen and oxygen atoms in total. The second-order valence-corrected chi connectivity index (χ2v) is 13.4. The van der Waals surface area contributed by atoms with E-state index < -0.39 is 0 Å². The van der Waals surface area contributed by atoms with Crippen LogP contribution in [0.3, 0.4) is 0 Å². The molecule has 0 radical (unpaired) electrons. The van der Waals surface area contributed by atoms with Gasteiger partial charge in [0.25, 0.3) is 0 Å². The van der Waals surface area contributed by atoms with Gasteiger partial charge in [0.15, 0.2) is 23.0 Å². The maximum absolute atomic E-state index is 6.68. The predicted molar refractivity (Wildman–Crippen MR) is 220 cm³/mol. The van der Waals surface area contributed by atoms with Crippen molar-refractivity contribution >= 4 is 0 Å². The molecule has 0 spiro atoms. The summed E-state index contributed by atoms with van der Waals surface area (Å²) in [6, 6.07) is 40.4. The third kappa shape index (κ3) is 10.5. The summed E-state index contributed by atoms with van der Waals surface area (Å²) in [4.78, 5) is 0. The summed E-state index contributed by atoms with van der Waals surface area (Å²) < 4.78 is 47.1. The minimum Gasteiger partial charge on any atom is -0.497 e. The Labute approximate surface area is 330 Å². The Hall–Kier alpha value is -6.28. The van der Waals surface area contributed by atoms with E-state index in [-0.39, 0.29) is 0 Å². The average Bonchev–Trinajstić information content (AvgIpc) is 3.24. The van der Waals surface area contributed by atoms with Crippen LogP contribution in [0.4, 0.5) is 0 Å². The minimum atomic E-state index is 0.557. The molecule has 0 atom stereocenters. The minimum absolute atomic E-state index is 0.557. The van der Waals surface area contributed by atoms with Gasteiger partial charge in [-0.25, -0.2) is 0 Å². The summed E-state index contributed by atoms with van der Waals surface area (Å²) in [7, 11) is 10.00. The van der Waals surface area contributed by atoms with Crippen molar-refractivity contribution in [2.45, 2.75) is 38.5 Å². The van der Waals surface area contributed by atoms with E-state index in [2.05, 4.69) is 54.6 Å². The number of aryl methyl sites for hydroxylation is 6. The molecule has 0 saturated heterocycles. The number of methoxy groups -OCH3 is 6. The monoisotopic (exact) mass is 754 g/mol. The molecule has 0 aliphatic carbocycles. The molecule has 56 heavy (non-hydrogen) atoms. The number of benzene rings is 6. The van der Waals surface area contributed by atoms with Crippen molar-refractivity contribution < 1.29 is 37.9 Å². The van der Waals surface area contributed by atoms with Crippen LogP contribution in [0, 0.1) is 0 Å². The van der Waals surface area contributed by atoms with Crippen molar-refractivity contribution in [1.29, 1.82) is 0 Å². The van der Waals surface area contributed by atoms with Gasteiger partial charge in [-0.05, 0) is 139 Å². The van der Waals surface area contributed by atoms with Gasteiger partial charge in [-0.2, -0.15) is 0 Å². The van der Waals surface area contributed by atoms with Gasteiger partial charge < -0.3 is 37.9 Å². The van der Waals surface area contributed by atoms with Crippen molar-refractivity contribution in [2.24, 2.45) is 0 Å². The van der Waals surface area contributed by atoms with Crippen LogP contribution < -0.4 is 37.9 Å². The van der Waals surface area contributed by atoms with Crippen molar-refractivity contribution in [2.75, 3.05) is 42.7 Å². The van der Waals surface area contributed by atoms with Crippen LogP contribution in [0.25, 0.3) is 0 Å². The highest BCUT2D eigenvalue weighted by molar-refractivity contribution is 5.54. The highest BCUT2D eigenvalue weighted by Crippen LogP contribution is 2.41. The number of rotatable bonds is 19. The van der Waals surface area contributed by atoms with E-state index in [4.69, 9.17) is 37.9 Å². The van der Waals surface area contributed by atoms with E-state index in [0.717, 1.165) is 83.8 Å². The van der Waals surface area contributed by atoms with Crippen molar-refractivity contribution in [3.05, 3.63) is 155 Å². The summed E-state index contributed by atoms with van der Waals surface area (Å²) in [6.07, 6.45) is 4.72. The number of ether oxygens (including phenoxy) is 8. The lowest BCUT2D eigenvalue weighted by atomic mass is 10.0. The van der Waals surface area contributed by atoms with E-state index in [1.807, 2.05) is 66.7 Å². The highest BCUT2D eigenvalue weighted by Gasteiger charge is 2.16. The molecular weight excluding hydrogens is 705 g/mol. The molecule has 0 aliphatic rings. The molecule has 0 fully saturated rings. The fourth-order valence-corrected chi connectivity index (χ4v) is 6.65. The molecule has 0 saturated carbocycles. The highest BCUT2D eigenvalue weighted by atomic mass is 16.5. The lowest BCUT2D eigenvalue weighted by Gasteiger charge is -2.18. The summed E-state index contributed by atoms with van der Waals surface area (Å²) in [5, 5.41) is 0. The standard InChI is InChI=1S/C48H50O8/c1-49-39-13-7-10-33(24-39)16-17-36-21-23-44(52-4)47(29-36)55-42-27-37(19-18-34-11-8-14-40(25-34)50-2)28-43(31-42)56-48-30-38(45(53-5)32-46(48)54-6)22-20-35-12-9-15-41(26-35)51-3/h7-15,21,23-32H,16-20,22H2,1-6H3. The van der Waals surface area contributed by atoms with Crippen molar-refractivity contribution in [3.8, 4) is 57.5 Å². The fourth-order valence-electron chi connectivity index (χ4n) is 6.65. The SMILES string of the molecule is COc1cccc(CCc2cc(Oc3cc(CCc4cccc(OC)c4)ccc3OC)cc(Oc3cc(CCc4cccc(OC)c4)c(OC)cc3OC)c2)c1. The second kappa shape index (κ2) is 19.4. The molecule has 0 unspecified atom stereocenters. The Kier molecular flexibility index (Phi) is 13.6. The topological polar surface area (TPSA) is 73.8 Å². The summed E-state index contributed by atoms with van der Waals surface area (Å²) in [5.74, 6) is 6.85. The average molecular weight is 755 g/mol. The Balaban J connectivity index is 1.30. The van der Waals surface area contributed by atoms with Crippen LogP contribution in [0.1, 0.15) is 33.4 Å². The van der Waals surface area contributed by atoms with Crippen molar-refractivity contribution in [3.63, 3.8) is 0 Å². The van der Waals surface area contributed by atoms with Crippen LogP contribution in [0.2, 0.25) is 0 Å². The number of hydrogen-bond donors (Lipinski definition) is 0. The molecule has 8 heteroatoms. The maximum atomic E-state index is 6.68. The summed E-state index contributed by atoms with van der Waals surface area (Å²) in [5.41, 5.74) is 6.69. The van der Waals surface area contributed by atoms with Gasteiger partial charge in [0.2, 0.25) is 0 Å². The van der Waals surface area contributed by atoms with Gasteiger partial charge in [-0.1, -0.05) is 42.5 Å². The largest absolute Gasteiger partial charge is 0.497 e. The van der Waals surface area contributed by atoms with Gasteiger partial charge in [0.05, 0.1) is 42.7 Å². The van der Waals surface area contributed by atoms with Crippen LogP contribution in [-0.4, -0.2) is 42.7 Å². The first kappa shape index (κ1) is 39.4. The van der Waals surface area contributed by atoms with Crippen LogP contribution in [0.15, 0.2) is 121 Å². The Morgan fingerprint density at radius 1 is 0.286 bits per heavy atom. The lowest BCUT2D eigenvalue weighted by molar-refractivity contribution is 0.364. The van der Waals surface area contributed by atoms with E-state index in [1.54, 1.807) is 42.7 Å². The third-order valence-electron chi connectivity index (χ3n) is 9.68. The summed E-state index contributed by atoms with van der Waals surface area (Å²) >= 11 is 0. The summed E-state index contributed by atoms with van der Waals surface area (Å²) in [6.45, 7) is 0. The first-order valence-corrected chi connectivity index (χ1v) is 18.7. The molecule has 6 aromatic carbocycles. The van der Waals surface area contributed by atoms with Gasteiger partial charge in [-0.3, -0.25) is 0 Å². The molecule has 0 N–H and O–H groups in total. The molecule has 290 valence electrons. The zero-order valence-electron chi connectivity index (χ0n) is 33.1. The van der Waals surface area contributed by atoms with Crippen molar-refractivity contribution in [1.82, 2.24) is 0 Å². The predicted octanol–water partition coefficient (Wildman–Crippen LogP) is 10.7. The van der Waals surface area contributed by atoms with Gasteiger partial charge in [0.1, 0.15) is 34.5 Å². The van der Waals surface area contributed by atoms with E-state index >= 15 is 0 Å². The fraction of sp³-hybridized carbons (Fsp3) is 0.250. The number of hydrogen-bond acceptors (Lipinski definition) is 8. The molecule has 0 aliphatic heterocycles. The van der Waals surface area contributed by atoms with E-state index in [0.29, 0.717) is 34.5 Å². The first-order chi connectivity index (χ1) is 27.4. The molecule has 0 amide bonds. The van der Waals surface area contributed by atoms with Gasteiger partial charge in [0, 0.05) is 12.1 Å². The quantitative estimate of drug-likeness (QED) is 0.0809. The first-order valence-electron chi connectivity index (χ1n) is 18.7. The molecule has 0 heterocycles. The zero-order chi connectivity index (χ0) is 39.3. The molecular formula is C48H50O8. The van der Waals surface area contributed by atoms with E-state index in [1.165, 1.54) is 11.1 Å². The molecule has 6 rings (SSSR count). The van der Waals surface area contributed by atoms with E-state index in [9.17, 15) is 0 Å². The third-order valence-corrected chi connectivity index (χ3v) is 9.68. The lowest BCUT2D eigenvalue weighted by Crippen LogP contribution is -2.00. The Morgan fingerprint density at radius 2 is 0.714 bits per heavy atom. The van der Waals surface area contributed by atoms with Crippen LogP contribution >= 0.6 is 0 Å². The smallest absolute Gasteiger partial charge is 0.169 e. The van der Waals surface area contributed by atoms with Crippen LogP contribution in [0.5, 0.6) is 57.5 Å². The molecule has 6 aromatic rings.